The second-order valence-corrected chi connectivity index (χ2v) is 4.33. The molecule has 0 bridgehead atoms. The minimum absolute atomic E-state index is 0.0731. The van der Waals surface area contributed by atoms with Crippen LogP contribution in [0.3, 0.4) is 0 Å². The lowest BCUT2D eigenvalue weighted by molar-refractivity contribution is -0.122. The number of methoxy groups -OCH3 is 1. The summed E-state index contributed by atoms with van der Waals surface area (Å²) >= 11 is 0. The molecule has 1 atom stereocenters. The molecule has 0 radical (unpaired) electrons. The Balaban J connectivity index is 2.72. The van der Waals surface area contributed by atoms with Crippen molar-refractivity contribution in [1.29, 1.82) is 0 Å². The third-order valence-corrected chi connectivity index (χ3v) is 2.97. The van der Waals surface area contributed by atoms with Crippen molar-refractivity contribution in [1.82, 2.24) is 0 Å². The van der Waals surface area contributed by atoms with Gasteiger partial charge in [-0.15, -0.1) is 0 Å². The number of carbonyl (C=O) groups excluding carboxylic acids is 1. The minimum Gasteiger partial charge on any atom is -0.494 e. The van der Waals surface area contributed by atoms with E-state index in [9.17, 15) is 9.18 Å². The number of rotatable bonds is 7. The zero-order valence-electron chi connectivity index (χ0n) is 10.9. The molecule has 0 aliphatic carbocycles. The van der Waals surface area contributed by atoms with Crippen molar-refractivity contribution in [3.63, 3.8) is 0 Å². The number of ketones is 1. The second kappa shape index (κ2) is 7.11. The molecule has 4 heteroatoms. The Labute approximate surface area is 107 Å². The molecule has 0 saturated carbocycles. The second-order valence-electron chi connectivity index (χ2n) is 4.33. The van der Waals surface area contributed by atoms with E-state index in [1.165, 1.54) is 19.2 Å². The number of ether oxygens (including phenoxy) is 1. The molecule has 1 aromatic carbocycles. The molecule has 0 heterocycles. The van der Waals surface area contributed by atoms with Crippen LogP contribution in [0.25, 0.3) is 0 Å². The highest BCUT2D eigenvalue weighted by Crippen LogP contribution is 2.19. The lowest BCUT2D eigenvalue weighted by Crippen LogP contribution is -2.25. The van der Waals surface area contributed by atoms with Gasteiger partial charge in [0.05, 0.1) is 7.11 Å². The molecule has 0 spiro atoms. The van der Waals surface area contributed by atoms with E-state index in [1.807, 2.05) is 6.92 Å². The minimum atomic E-state index is -0.442. The number of benzene rings is 1. The summed E-state index contributed by atoms with van der Waals surface area (Å²) in [6.07, 6.45) is 1.93. The molecule has 0 amide bonds. The Bertz CT molecular complexity index is 407. The highest BCUT2D eigenvalue weighted by atomic mass is 19.1. The van der Waals surface area contributed by atoms with Gasteiger partial charge in [0.25, 0.3) is 0 Å². The van der Waals surface area contributed by atoms with Crippen molar-refractivity contribution < 1.29 is 13.9 Å². The fourth-order valence-electron chi connectivity index (χ4n) is 1.92. The summed E-state index contributed by atoms with van der Waals surface area (Å²) in [6.45, 7) is 2.37. The molecule has 0 saturated heterocycles. The van der Waals surface area contributed by atoms with Gasteiger partial charge in [-0.2, -0.15) is 0 Å². The van der Waals surface area contributed by atoms with E-state index in [4.69, 9.17) is 10.5 Å². The molecule has 18 heavy (non-hydrogen) atoms. The maximum absolute atomic E-state index is 13.5. The molecule has 1 unspecified atom stereocenters. The van der Waals surface area contributed by atoms with Crippen LogP contribution in [0.15, 0.2) is 18.2 Å². The smallest absolute Gasteiger partial charge is 0.165 e. The van der Waals surface area contributed by atoms with Crippen LogP contribution >= 0.6 is 0 Å². The first kappa shape index (κ1) is 14.6. The van der Waals surface area contributed by atoms with E-state index in [1.54, 1.807) is 6.07 Å². The Hall–Kier alpha value is -1.42. The van der Waals surface area contributed by atoms with Gasteiger partial charge in [0.1, 0.15) is 5.78 Å². The molecule has 2 N–H and O–H groups in total. The lowest BCUT2D eigenvalue weighted by atomic mass is 9.94. The van der Waals surface area contributed by atoms with Gasteiger partial charge in [0.2, 0.25) is 0 Å². The van der Waals surface area contributed by atoms with Crippen LogP contribution in [0.2, 0.25) is 0 Å². The van der Waals surface area contributed by atoms with Crippen molar-refractivity contribution in [3.05, 3.63) is 29.6 Å². The highest BCUT2D eigenvalue weighted by molar-refractivity contribution is 5.83. The van der Waals surface area contributed by atoms with Crippen LogP contribution in [-0.2, 0) is 11.2 Å². The maximum Gasteiger partial charge on any atom is 0.165 e. The van der Waals surface area contributed by atoms with Gasteiger partial charge in [0.15, 0.2) is 11.6 Å². The van der Waals surface area contributed by atoms with Crippen LogP contribution in [0.1, 0.15) is 25.3 Å². The number of halogens is 1. The average molecular weight is 253 g/mol. The average Bonchev–Trinajstić information content (AvgIpc) is 2.36. The van der Waals surface area contributed by atoms with Gasteiger partial charge in [-0.3, -0.25) is 4.79 Å². The van der Waals surface area contributed by atoms with Crippen molar-refractivity contribution in [2.45, 2.75) is 26.2 Å². The molecule has 100 valence electrons. The summed E-state index contributed by atoms with van der Waals surface area (Å²) in [6, 6.07) is 4.59. The monoisotopic (exact) mass is 253 g/mol. The normalized spacial score (nSPS) is 12.2. The highest BCUT2D eigenvalue weighted by Gasteiger charge is 2.16. The third kappa shape index (κ3) is 3.81. The van der Waals surface area contributed by atoms with Crippen molar-refractivity contribution in [3.8, 4) is 5.75 Å². The van der Waals surface area contributed by atoms with Gasteiger partial charge in [-0.25, -0.2) is 4.39 Å². The first-order valence-corrected chi connectivity index (χ1v) is 6.17. The van der Waals surface area contributed by atoms with E-state index >= 15 is 0 Å². The number of nitrogens with two attached hydrogens (primary N) is 1. The van der Waals surface area contributed by atoms with E-state index in [2.05, 4.69) is 0 Å². The summed E-state index contributed by atoms with van der Waals surface area (Å²) in [5, 5.41) is 0. The van der Waals surface area contributed by atoms with Gasteiger partial charge < -0.3 is 10.5 Å². The largest absolute Gasteiger partial charge is 0.494 e. The number of hydrogen-bond acceptors (Lipinski definition) is 3. The fraction of sp³-hybridized carbons (Fsp3) is 0.500. The first-order valence-electron chi connectivity index (χ1n) is 6.17. The Kier molecular flexibility index (Phi) is 5.78. The molecule has 1 aromatic rings. The van der Waals surface area contributed by atoms with Gasteiger partial charge >= 0.3 is 0 Å². The van der Waals surface area contributed by atoms with E-state index < -0.39 is 5.82 Å². The topological polar surface area (TPSA) is 52.3 Å². The van der Waals surface area contributed by atoms with Crippen LogP contribution in [-0.4, -0.2) is 19.4 Å². The summed E-state index contributed by atoms with van der Waals surface area (Å²) in [7, 11) is 1.41. The van der Waals surface area contributed by atoms with E-state index in [-0.39, 0.29) is 23.9 Å². The van der Waals surface area contributed by atoms with Gasteiger partial charge in [0, 0.05) is 18.9 Å². The molecule has 0 aliphatic heterocycles. The third-order valence-electron chi connectivity index (χ3n) is 2.97. The molecule has 0 aromatic heterocycles. The molecular formula is C14H20FNO2. The molecule has 0 fully saturated rings. The summed E-state index contributed by atoms with van der Waals surface area (Å²) in [5.41, 5.74) is 6.23. The zero-order chi connectivity index (χ0) is 13.5. The van der Waals surface area contributed by atoms with Crippen molar-refractivity contribution in [2.24, 2.45) is 11.7 Å². The van der Waals surface area contributed by atoms with Crippen LogP contribution in [0, 0.1) is 11.7 Å². The predicted molar refractivity (Wildman–Crippen MR) is 69.1 cm³/mol. The number of carbonyl (C=O) groups is 1. The SMILES string of the molecule is CCCC(CN)C(=O)Cc1ccc(OC)c(F)c1. The standard InChI is InChI=1S/C14H20FNO2/c1-3-4-11(9-16)13(17)8-10-5-6-14(18-2)12(15)7-10/h5-7,11H,3-4,8-9,16H2,1-2H3. The quantitative estimate of drug-likeness (QED) is 0.811. The number of Topliss-reactive ketones (excluding diaryl/α,β-unsaturated/α-hetero) is 1. The number of hydrogen-bond donors (Lipinski definition) is 1. The maximum atomic E-state index is 13.5. The first-order chi connectivity index (χ1) is 8.62. The molecule has 3 nitrogen and oxygen atoms in total. The van der Waals surface area contributed by atoms with Crippen molar-refractivity contribution >= 4 is 5.78 Å². The van der Waals surface area contributed by atoms with Gasteiger partial charge in [-0.1, -0.05) is 19.4 Å². The lowest BCUT2D eigenvalue weighted by Gasteiger charge is -2.12. The Morgan fingerprint density at radius 3 is 2.72 bits per heavy atom. The van der Waals surface area contributed by atoms with Gasteiger partial charge in [-0.05, 0) is 24.1 Å². The van der Waals surface area contributed by atoms with Crippen molar-refractivity contribution in [2.75, 3.05) is 13.7 Å². The van der Waals surface area contributed by atoms with Crippen LogP contribution in [0.4, 0.5) is 4.39 Å². The van der Waals surface area contributed by atoms with Crippen LogP contribution < -0.4 is 10.5 Å². The molecular weight excluding hydrogens is 233 g/mol. The summed E-state index contributed by atoms with van der Waals surface area (Å²) in [4.78, 5) is 12.0. The Morgan fingerprint density at radius 1 is 1.50 bits per heavy atom. The predicted octanol–water partition coefficient (Wildman–Crippen LogP) is 2.32. The van der Waals surface area contributed by atoms with E-state index in [0.29, 0.717) is 12.1 Å². The molecule has 0 aliphatic rings. The van der Waals surface area contributed by atoms with E-state index in [0.717, 1.165) is 12.8 Å². The Morgan fingerprint density at radius 2 is 2.22 bits per heavy atom. The summed E-state index contributed by atoms with van der Waals surface area (Å²) in [5.74, 6) is -0.304. The molecule has 1 rings (SSSR count). The van der Waals surface area contributed by atoms with Crippen LogP contribution in [0.5, 0.6) is 5.75 Å². The fourth-order valence-corrected chi connectivity index (χ4v) is 1.92. The summed E-state index contributed by atoms with van der Waals surface area (Å²) < 4.78 is 18.3. The zero-order valence-corrected chi connectivity index (χ0v) is 10.9.